The SMILES string of the molecule is N#Cc1ccc(NCC2CCC(O)C2)c(F)c1F. The molecule has 96 valence electrons. The van der Waals surface area contributed by atoms with Crippen LogP contribution in [-0.4, -0.2) is 17.8 Å². The fourth-order valence-electron chi connectivity index (χ4n) is 2.26. The lowest BCUT2D eigenvalue weighted by Gasteiger charge is -2.13. The lowest BCUT2D eigenvalue weighted by atomic mass is 10.1. The number of aliphatic hydroxyl groups excluding tert-OH is 1. The summed E-state index contributed by atoms with van der Waals surface area (Å²) in [6.45, 7) is 0.499. The first-order chi connectivity index (χ1) is 8.61. The Morgan fingerprint density at radius 2 is 2.11 bits per heavy atom. The van der Waals surface area contributed by atoms with Crippen LogP contribution in [0.4, 0.5) is 14.5 Å². The van der Waals surface area contributed by atoms with Crippen molar-refractivity contribution >= 4 is 5.69 Å². The van der Waals surface area contributed by atoms with Crippen LogP contribution in [0.3, 0.4) is 0 Å². The highest BCUT2D eigenvalue weighted by atomic mass is 19.2. The fourth-order valence-corrected chi connectivity index (χ4v) is 2.26. The molecule has 0 aliphatic heterocycles. The minimum Gasteiger partial charge on any atom is -0.393 e. The second-order valence-corrected chi connectivity index (χ2v) is 4.61. The summed E-state index contributed by atoms with van der Waals surface area (Å²) in [5, 5.41) is 20.8. The van der Waals surface area contributed by atoms with Gasteiger partial charge in [-0.1, -0.05) is 0 Å². The standard InChI is InChI=1S/C13H14F2N2O/c14-12-9(6-16)2-4-11(13(12)15)17-7-8-1-3-10(18)5-8/h2,4,8,10,17-18H,1,3,5,7H2. The van der Waals surface area contributed by atoms with Crippen molar-refractivity contribution < 1.29 is 13.9 Å². The first kappa shape index (κ1) is 12.8. The van der Waals surface area contributed by atoms with Crippen molar-refractivity contribution in [3.05, 3.63) is 29.3 Å². The van der Waals surface area contributed by atoms with Crippen LogP contribution >= 0.6 is 0 Å². The maximum Gasteiger partial charge on any atom is 0.183 e. The molecule has 2 N–H and O–H groups in total. The van der Waals surface area contributed by atoms with E-state index in [-0.39, 0.29) is 23.3 Å². The second kappa shape index (κ2) is 5.32. The lowest BCUT2D eigenvalue weighted by molar-refractivity contribution is 0.178. The van der Waals surface area contributed by atoms with Crippen LogP contribution < -0.4 is 5.32 Å². The van der Waals surface area contributed by atoms with Gasteiger partial charge in [-0.3, -0.25) is 0 Å². The number of anilines is 1. The molecule has 2 atom stereocenters. The minimum atomic E-state index is -1.12. The number of aliphatic hydroxyl groups is 1. The van der Waals surface area contributed by atoms with Crippen molar-refractivity contribution in [3.63, 3.8) is 0 Å². The molecule has 0 heterocycles. The maximum atomic E-state index is 13.6. The topological polar surface area (TPSA) is 56.0 Å². The Morgan fingerprint density at radius 1 is 1.33 bits per heavy atom. The van der Waals surface area contributed by atoms with E-state index in [4.69, 9.17) is 5.26 Å². The molecule has 1 aromatic rings. The van der Waals surface area contributed by atoms with Crippen molar-refractivity contribution in [2.45, 2.75) is 25.4 Å². The number of hydrogen-bond acceptors (Lipinski definition) is 3. The van der Waals surface area contributed by atoms with Crippen molar-refractivity contribution in [2.75, 3.05) is 11.9 Å². The van der Waals surface area contributed by atoms with Crippen molar-refractivity contribution in [1.29, 1.82) is 5.26 Å². The monoisotopic (exact) mass is 252 g/mol. The number of hydrogen-bond donors (Lipinski definition) is 2. The highest BCUT2D eigenvalue weighted by Crippen LogP contribution is 2.27. The first-order valence-corrected chi connectivity index (χ1v) is 5.92. The number of nitrogens with zero attached hydrogens (tertiary/aromatic N) is 1. The molecule has 0 radical (unpaired) electrons. The van der Waals surface area contributed by atoms with Gasteiger partial charge >= 0.3 is 0 Å². The van der Waals surface area contributed by atoms with Crippen molar-refractivity contribution in [1.82, 2.24) is 0 Å². The molecule has 3 nitrogen and oxygen atoms in total. The summed E-state index contributed by atoms with van der Waals surface area (Å²) >= 11 is 0. The van der Waals surface area contributed by atoms with Crippen LogP contribution in [0, 0.1) is 28.9 Å². The molecule has 1 saturated carbocycles. The number of rotatable bonds is 3. The molecular weight excluding hydrogens is 238 g/mol. The van der Waals surface area contributed by atoms with Crippen molar-refractivity contribution in [2.24, 2.45) is 5.92 Å². The van der Waals surface area contributed by atoms with Crippen LogP contribution in [0.15, 0.2) is 12.1 Å². The molecule has 2 rings (SSSR count). The van der Waals surface area contributed by atoms with Gasteiger partial charge in [0.25, 0.3) is 0 Å². The lowest BCUT2D eigenvalue weighted by Crippen LogP contribution is -2.14. The van der Waals surface area contributed by atoms with E-state index in [1.54, 1.807) is 6.07 Å². The summed E-state index contributed by atoms with van der Waals surface area (Å²) in [4.78, 5) is 0. The van der Waals surface area contributed by atoms with Gasteiger partial charge < -0.3 is 10.4 Å². The van der Waals surface area contributed by atoms with Gasteiger partial charge in [-0.25, -0.2) is 8.78 Å². The molecule has 0 saturated heterocycles. The zero-order chi connectivity index (χ0) is 13.1. The Balaban J connectivity index is 2.02. The predicted molar refractivity (Wildman–Crippen MR) is 62.9 cm³/mol. The third-order valence-electron chi connectivity index (χ3n) is 3.30. The largest absolute Gasteiger partial charge is 0.393 e. The van der Waals surface area contributed by atoms with Gasteiger partial charge in [0.15, 0.2) is 11.6 Å². The van der Waals surface area contributed by atoms with Gasteiger partial charge in [-0.2, -0.15) is 5.26 Å². The quantitative estimate of drug-likeness (QED) is 0.868. The Hall–Kier alpha value is -1.67. The van der Waals surface area contributed by atoms with Gasteiger partial charge in [-0.05, 0) is 37.3 Å². The highest BCUT2D eigenvalue weighted by molar-refractivity contribution is 5.49. The summed E-state index contributed by atoms with van der Waals surface area (Å²) in [5.74, 6) is -1.86. The molecule has 1 aliphatic rings. The molecule has 0 amide bonds. The normalized spacial score (nSPS) is 22.8. The summed E-state index contributed by atoms with van der Waals surface area (Å²) in [7, 11) is 0. The third kappa shape index (κ3) is 2.59. The highest BCUT2D eigenvalue weighted by Gasteiger charge is 2.23. The predicted octanol–water partition coefficient (Wildman–Crippen LogP) is 2.41. The van der Waals surface area contributed by atoms with Crippen LogP contribution in [0.5, 0.6) is 0 Å². The summed E-state index contributed by atoms with van der Waals surface area (Å²) < 4.78 is 26.9. The maximum absolute atomic E-state index is 13.6. The van der Waals surface area contributed by atoms with Crippen LogP contribution in [0.1, 0.15) is 24.8 Å². The van der Waals surface area contributed by atoms with E-state index < -0.39 is 11.6 Å². The van der Waals surface area contributed by atoms with Gasteiger partial charge in [-0.15, -0.1) is 0 Å². The molecule has 0 aromatic heterocycles. The van der Waals surface area contributed by atoms with Crippen LogP contribution in [0.2, 0.25) is 0 Å². The van der Waals surface area contributed by atoms with E-state index in [2.05, 4.69) is 5.32 Å². The van der Waals surface area contributed by atoms with Gasteiger partial charge in [0, 0.05) is 6.54 Å². The molecule has 1 fully saturated rings. The van der Waals surface area contributed by atoms with E-state index in [0.29, 0.717) is 13.0 Å². The van der Waals surface area contributed by atoms with Crippen molar-refractivity contribution in [3.8, 4) is 6.07 Å². The van der Waals surface area contributed by atoms with Crippen LogP contribution in [-0.2, 0) is 0 Å². The van der Waals surface area contributed by atoms with E-state index >= 15 is 0 Å². The van der Waals surface area contributed by atoms with Crippen LogP contribution in [0.25, 0.3) is 0 Å². The molecule has 0 spiro atoms. The van der Waals surface area contributed by atoms with Gasteiger partial charge in [0.05, 0.1) is 17.4 Å². The second-order valence-electron chi connectivity index (χ2n) is 4.61. The van der Waals surface area contributed by atoms with E-state index in [1.807, 2.05) is 0 Å². The summed E-state index contributed by atoms with van der Waals surface area (Å²) in [5.41, 5.74) is -0.234. The molecule has 18 heavy (non-hydrogen) atoms. The van der Waals surface area contributed by atoms with E-state index in [0.717, 1.165) is 12.8 Å². The molecule has 0 bridgehead atoms. The number of nitrogens with one attached hydrogen (secondary N) is 1. The van der Waals surface area contributed by atoms with E-state index in [9.17, 15) is 13.9 Å². The Labute approximate surface area is 104 Å². The first-order valence-electron chi connectivity index (χ1n) is 5.92. The molecule has 1 aromatic carbocycles. The third-order valence-corrected chi connectivity index (χ3v) is 3.30. The Kier molecular flexibility index (Phi) is 3.78. The molecular formula is C13H14F2N2O. The molecule has 5 heteroatoms. The van der Waals surface area contributed by atoms with Gasteiger partial charge in [0.1, 0.15) is 6.07 Å². The van der Waals surface area contributed by atoms with E-state index in [1.165, 1.54) is 12.1 Å². The zero-order valence-corrected chi connectivity index (χ0v) is 9.79. The summed E-state index contributed by atoms with van der Waals surface area (Å²) in [6.07, 6.45) is 2.05. The number of nitriles is 1. The molecule has 1 aliphatic carbocycles. The smallest absolute Gasteiger partial charge is 0.183 e. The zero-order valence-electron chi connectivity index (χ0n) is 9.79. The Bertz CT molecular complexity index is 485. The fraction of sp³-hybridized carbons (Fsp3) is 0.462. The number of benzene rings is 1. The summed E-state index contributed by atoms with van der Waals surface area (Å²) in [6, 6.07) is 4.21. The average molecular weight is 252 g/mol. The van der Waals surface area contributed by atoms with Gasteiger partial charge in [0.2, 0.25) is 0 Å². The Morgan fingerprint density at radius 3 is 2.72 bits per heavy atom. The number of halogens is 2. The minimum absolute atomic E-state index is 0.0629. The average Bonchev–Trinajstić information content (AvgIpc) is 2.77. The molecule has 2 unspecified atom stereocenters.